The molecule has 0 spiro atoms. The van der Waals surface area contributed by atoms with Crippen LogP contribution in [0.25, 0.3) is 0 Å². The molecule has 0 aliphatic carbocycles. The summed E-state index contributed by atoms with van der Waals surface area (Å²) in [6.45, 7) is 1.19. The Morgan fingerprint density at radius 3 is 2.29 bits per heavy atom. The van der Waals surface area contributed by atoms with Crippen LogP contribution in [0.15, 0.2) is 47.4 Å². The molecule has 1 amide bonds. The number of nitrogens with zero attached hydrogens (tertiary/aromatic N) is 1. The molecule has 0 aromatic heterocycles. The number of hydrogen-bond donors (Lipinski definition) is 1. The van der Waals surface area contributed by atoms with Crippen LogP contribution in [0.5, 0.6) is 5.75 Å². The highest BCUT2D eigenvalue weighted by Gasteiger charge is 2.30. The number of nitrogens with one attached hydrogen (secondary N) is 1. The van der Waals surface area contributed by atoms with Gasteiger partial charge in [-0.2, -0.15) is 17.5 Å². The average Bonchev–Trinajstić information content (AvgIpc) is 2.61. The van der Waals surface area contributed by atoms with Gasteiger partial charge in [0.25, 0.3) is 0 Å². The molecule has 0 heterocycles. The van der Waals surface area contributed by atoms with Crippen molar-refractivity contribution in [3.63, 3.8) is 0 Å². The largest absolute Gasteiger partial charge is 0.495 e. The van der Waals surface area contributed by atoms with Gasteiger partial charge >= 0.3 is 6.18 Å². The molecule has 0 bridgehead atoms. The second-order valence-corrected chi connectivity index (χ2v) is 8.05. The van der Waals surface area contributed by atoms with Gasteiger partial charge in [-0.05, 0) is 48.9 Å². The number of rotatable bonds is 6. The minimum Gasteiger partial charge on any atom is -0.495 e. The third-order valence-corrected chi connectivity index (χ3v) is 5.69. The minimum absolute atomic E-state index is 0.0835. The van der Waals surface area contributed by atoms with Gasteiger partial charge in [0.2, 0.25) is 15.9 Å². The van der Waals surface area contributed by atoms with Gasteiger partial charge in [-0.25, -0.2) is 8.42 Å². The summed E-state index contributed by atoms with van der Waals surface area (Å²) in [6.07, 6.45) is -4.48. The lowest BCUT2D eigenvalue weighted by atomic mass is 10.2. The van der Waals surface area contributed by atoms with E-state index < -0.39 is 34.2 Å². The topological polar surface area (TPSA) is 75.7 Å². The Labute approximate surface area is 161 Å². The van der Waals surface area contributed by atoms with Gasteiger partial charge in [-0.3, -0.25) is 4.79 Å². The highest BCUT2D eigenvalue weighted by atomic mass is 32.2. The number of carbonyl (C=O) groups excluding carboxylic acids is 1. The van der Waals surface area contributed by atoms with E-state index in [9.17, 15) is 26.4 Å². The fourth-order valence-corrected chi connectivity index (χ4v) is 3.75. The van der Waals surface area contributed by atoms with E-state index in [0.717, 1.165) is 28.6 Å². The Balaban J connectivity index is 2.12. The maximum atomic E-state index is 12.7. The molecule has 0 fully saturated rings. The van der Waals surface area contributed by atoms with Crippen molar-refractivity contribution in [3.05, 3.63) is 53.6 Å². The summed E-state index contributed by atoms with van der Waals surface area (Å²) < 4.78 is 69.1. The molecule has 0 saturated heterocycles. The molecule has 6 nitrogen and oxygen atoms in total. The van der Waals surface area contributed by atoms with E-state index in [1.807, 2.05) is 0 Å². The van der Waals surface area contributed by atoms with E-state index in [0.29, 0.717) is 5.56 Å². The first-order chi connectivity index (χ1) is 12.9. The van der Waals surface area contributed by atoms with E-state index in [4.69, 9.17) is 4.74 Å². The minimum atomic E-state index is -4.48. The van der Waals surface area contributed by atoms with Crippen LogP contribution in [0.4, 0.5) is 18.9 Å². The fraction of sp³-hybridized carbons (Fsp3) is 0.278. The molecule has 10 heteroatoms. The molecular formula is C18H19F3N2O4S. The summed E-state index contributed by atoms with van der Waals surface area (Å²) in [5.41, 5.74) is -0.0318. The standard InChI is InChI=1S/C18H19F3N2O4S/c1-12-4-9-15(27-3)16(10-12)28(25,26)23(2)11-17(24)22-14-7-5-13(6-8-14)18(19,20)21/h4-10H,11H2,1-3H3,(H,22,24). The monoisotopic (exact) mass is 416 g/mol. The zero-order chi connectivity index (χ0) is 21.1. The maximum absolute atomic E-state index is 12.7. The third kappa shape index (κ3) is 5.02. The van der Waals surface area contributed by atoms with Gasteiger partial charge in [0, 0.05) is 12.7 Å². The molecule has 0 aliphatic heterocycles. The van der Waals surface area contributed by atoms with Crippen molar-refractivity contribution in [2.24, 2.45) is 0 Å². The summed E-state index contributed by atoms with van der Waals surface area (Å²) in [5, 5.41) is 2.37. The van der Waals surface area contributed by atoms with Crippen molar-refractivity contribution < 1.29 is 31.1 Å². The van der Waals surface area contributed by atoms with Gasteiger partial charge in [-0.1, -0.05) is 6.07 Å². The fourth-order valence-electron chi connectivity index (χ4n) is 2.38. The number of hydrogen-bond acceptors (Lipinski definition) is 4. The summed E-state index contributed by atoms with van der Waals surface area (Å²) in [6, 6.07) is 8.48. The number of aryl methyl sites for hydroxylation is 1. The van der Waals surface area contributed by atoms with Gasteiger partial charge in [0.15, 0.2) is 0 Å². The van der Waals surface area contributed by atoms with Crippen molar-refractivity contribution in [2.45, 2.75) is 18.0 Å². The van der Waals surface area contributed by atoms with Crippen molar-refractivity contribution in [1.82, 2.24) is 4.31 Å². The first-order valence-electron chi connectivity index (χ1n) is 8.03. The predicted molar refractivity (Wildman–Crippen MR) is 97.6 cm³/mol. The zero-order valence-corrected chi connectivity index (χ0v) is 16.2. The molecular weight excluding hydrogens is 397 g/mol. The normalized spacial score (nSPS) is 12.1. The van der Waals surface area contributed by atoms with Crippen LogP contribution in [0, 0.1) is 6.92 Å². The van der Waals surface area contributed by atoms with E-state index >= 15 is 0 Å². The number of alkyl halides is 3. The summed E-state index contributed by atoms with van der Waals surface area (Å²) in [5.74, 6) is -0.557. The lowest BCUT2D eigenvalue weighted by Gasteiger charge is -2.19. The summed E-state index contributed by atoms with van der Waals surface area (Å²) in [4.78, 5) is 12.0. The zero-order valence-electron chi connectivity index (χ0n) is 15.4. The van der Waals surface area contributed by atoms with Crippen LogP contribution < -0.4 is 10.1 Å². The van der Waals surface area contributed by atoms with Crippen LogP contribution in [-0.2, 0) is 21.0 Å². The Kier molecular flexibility index (Phi) is 6.35. The molecule has 28 heavy (non-hydrogen) atoms. The van der Waals surface area contributed by atoms with Gasteiger partial charge in [0.1, 0.15) is 10.6 Å². The molecule has 2 aromatic rings. The Morgan fingerprint density at radius 1 is 1.14 bits per heavy atom. The van der Waals surface area contributed by atoms with E-state index in [1.165, 1.54) is 26.3 Å². The summed E-state index contributed by atoms with van der Waals surface area (Å²) in [7, 11) is -1.46. The van der Waals surface area contributed by atoms with Gasteiger partial charge < -0.3 is 10.1 Å². The molecule has 1 N–H and O–H groups in total. The number of halogens is 3. The molecule has 0 aliphatic rings. The van der Waals surface area contributed by atoms with Crippen LogP contribution in [0.3, 0.4) is 0 Å². The first kappa shape index (κ1) is 21.7. The number of methoxy groups -OCH3 is 1. The maximum Gasteiger partial charge on any atom is 0.416 e. The molecule has 2 aromatic carbocycles. The second-order valence-electron chi connectivity index (χ2n) is 6.04. The third-order valence-electron chi connectivity index (χ3n) is 3.87. The highest BCUT2D eigenvalue weighted by Crippen LogP contribution is 2.30. The number of anilines is 1. The molecule has 0 atom stereocenters. The quantitative estimate of drug-likeness (QED) is 0.784. The predicted octanol–water partition coefficient (Wildman–Crippen LogP) is 3.28. The van der Waals surface area contributed by atoms with E-state index in [2.05, 4.69) is 5.32 Å². The second kappa shape index (κ2) is 8.19. The van der Waals surface area contributed by atoms with Gasteiger partial charge in [0.05, 0.1) is 19.2 Å². The van der Waals surface area contributed by atoms with Crippen molar-refractivity contribution in [1.29, 1.82) is 0 Å². The highest BCUT2D eigenvalue weighted by molar-refractivity contribution is 7.89. The Hall–Kier alpha value is -2.59. The molecule has 2 rings (SSSR count). The number of amides is 1. The number of sulfonamides is 1. The van der Waals surface area contributed by atoms with Crippen LogP contribution in [-0.4, -0.2) is 39.3 Å². The molecule has 0 radical (unpaired) electrons. The average molecular weight is 416 g/mol. The number of benzene rings is 2. The van der Waals surface area contributed by atoms with E-state index in [-0.39, 0.29) is 16.3 Å². The van der Waals surface area contributed by atoms with E-state index in [1.54, 1.807) is 13.0 Å². The van der Waals surface area contributed by atoms with Crippen LogP contribution >= 0.6 is 0 Å². The molecule has 152 valence electrons. The molecule has 0 saturated carbocycles. The van der Waals surface area contributed by atoms with Crippen molar-refractivity contribution in [2.75, 3.05) is 26.0 Å². The number of ether oxygens (including phenoxy) is 1. The van der Waals surface area contributed by atoms with Gasteiger partial charge in [-0.15, -0.1) is 0 Å². The Bertz CT molecular complexity index is 958. The van der Waals surface area contributed by atoms with Crippen LogP contribution in [0.1, 0.15) is 11.1 Å². The number of likely N-dealkylation sites (N-methyl/N-ethyl adjacent to an activating group) is 1. The lowest BCUT2D eigenvalue weighted by molar-refractivity contribution is -0.137. The Morgan fingerprint density at radius 2 is 1.75 bits per heavy atom. The van der Waals surface area contributed by atoms with Crippen LogP contribution in [0.2, 0.25) is 0 Å². The lowest BCUT2D eigenvalue weighted by Crippen LogP contribution is -2.35. The smallest absolute Gasteiger partial charge is 0.416 e. The van der Waals surface area contributed by atoms with Crippen molar-refractivity contribution in [3.8, 4) is 5.75 Å². The number of carbonyl (C=O) groups is 1. The SMILES string of the molecule is COc1ccc(C)cc1S(=O)(=O)N(C)CC(=O)Nc1ccc(C(F)(F)F)cc1. The van der Waals surface area contributed by atoms with Crippen molar-refractivity contribution >= 4 is 21.6 Å². The first-order valence-corrected chi connectivity index (χ1v) is 9.47. The molecule has 0 unspecified atom stereocenters. The summed E-state index contributed by atoms with van der Waals surface area (Å²) >= 11 is 0.